The SMILES string of the molecule is COc1cccc(N2C[C@H](c3nc4ccccc4n3CCOc3cccc(C)c3C)CC2=O)c1. The lowest BCUT2D eigenvalue weighted by Crippen LogP contribution is -2.24. The number of ether oxygens (including phenoxy) is 2. The van der Waals surface area contributed by atoms with E-state index in [2.05, 4.69) is 30.5 Å². The molecule has 34 heavy (non-hydrogen) atoms. The van der Waals surface area contributed by atoms with Crippen LogP contribution in [0, 0.1) is 13.8 Å². The zero-order chi connectivity index (χ0) is 23.7. The number of hydrogen-bond donors (Lipinski definition) is 0. The van der Waals surface area contributed by atoms with Crippen molar-refractivity contribution in [3.63, 3.8) is 0 Å². The number of hydrogen-bond acceptors (Lipinski definition) is 4. The zero-order valence-electron chi connectivity index (χ0n) is 19.8. The van der Waals surface area contributed by atoms with Crippen LogP contribution < -0.4 is 14.4 Å². The van der Waals surface area contributed by atoms with Gasteiger partial charge in [0.25, 0.3) is 0 Å². The predicted octanol–water partition coefficient (Wildman–Crippen LogP) is 5.26. The van der Waals surface area contributed by atoms with Gasteiger partial charge in [0.2, 0.25) is 5.91 Å². The van der Waals surface area contributed by atoms with Crippen LogP contribution in [-0.4, -0.2) is 35.7 Å². The highest BCUT2D eigenvalue weighted by atomic mass is 16.5. The molecule has 1 atom stereocenters. The summed E-state index contributed by atoms with van der Waals surface area (Å²) >= 11 is 0. The molecule has 2 heterocycles. The van der Waals surface area contributed by atoms with Gasteiger partial charge in [-0.05, 0) is 55.3 Å². The number of amides is 1. The number of rotatable bonds is 7. The van der Waals surface area contributed by atoms with Gasteiger partial charge in [-0.1, -0.05) is 30.3 Å². The fraction of sp³-hybridized carbons (Fsp3) is 0.286. The zero-order valence-corrected chi connectivity index (χ0v) is 19.8. The van der Waals surface area contributed by atoms with Gasteiger partial charge in [0.15, 0.2) is 0 Å². The third-order valence-electron chi connectivity index (χ3n) is 6.67. The van der Waals surface area contributed by atoms with Crippen LogP contribution in [0.3, 0.4) is 0 Å². The van der Waals surface area contributed by atoms with Crippen molar-refractivity contribution in [3.8, 4) is 11.5 Å². The molecule has 1 aliphatic rings. The van der Waals surface area contributed by atoms with Gasteiger partial charge in [0.1, 0.15) is 23.9 Å². The molecule has 6 nitrogen and oxygen atoms in total. The fourth-order valence-electron chi connectivity index (χ4n) is 4.68. The van der Waals surface area contributed by atoms with E-state index in [4.69, 9.17) is 14.5 Å². The Morgan fingerprint density at radius 1 is 1.03 bits per heavy atom. The van der Waals surface area contributed by atoms with Crippen LogP contribution in [-0.2, 0) is 11.3 Å². The van der Waals surface area contributed by atoms with E-state index in [1.54, 1.807) is 7.11 Å². The number of carbonyl (C=O) groups excluding carboxylic acids is 1. The van der Waals surface area contributed by atoms with Gasteiger partial charge >= 0.3 is 0 Å². The lowest BCUT2D eigenvalue weighted by molar-refractivity contribution is -0.117. The van der Waals surface area contributed by atoms with E-state index in [1.165, 1.54) is 5.56 Å². The number of anilines is 1. The molecule has 0 spiro atoms. The largest absolute Gasteiger partial charge is 0.497 e. The molecule has 174 valence electrons. The number of nitrogens with zero attached hydrogens (tertiary/aromatic N) is 3. The molecule has 1 aliphatic heterocycles. The Hall–Kier alpha value is -3.80. The van der Waals surface area contributed by atoms with E-state index in [0.29, 0.717) is 26.1 Å². The molecule has 1 amide bonds. The molecule has 0 radical (unpaired) electrons. The number of fused-ring (bicyclic) bond motifs is 1. The van der Waals surface area contributed by atoms with E-state index >= 15 is 0 Å². The maximum absolute atomic E-state index is 13.0. The number of methoxy groups -OCH3 is 1. The molecule has 0 unspecified atom stereocenters. The van der Waals surface area contributed by atoms with Gasteiger partial charge in [0, 0.05) is 30.6 Å². The van der Waals surface area contributed by atoms with Crippen molar-refractivity contribution in [3.05, 3.63) is 83.7 Å². The van der Waals surface area contributed by atoms with Crippen LogP contribution in [0.1, 0.15) is 29.3 Å². The highest BCUT2D eigenvalue weighted by Crippen LogP contribution is 2.34. The summed E-state index contributed by atoms with van der Waals surface area (Å²) in [6.45, 7) is 5.95. The van der Waals surface area contributed by atoms with Crippen molar-refractivity contribution < 1.29 is 14.3 Å². The Balaban J connectivity index is 1.40. The maximum Gasteiger partial charge on any atom is 0.227 e. The van der Waals surface area contributed by atoms with E-state index in [0.717, 1.165) is 39.6 Å². The van der Waals surface area contributed by atoms with Crippen molar-refractivity contribution in [2.45, 2.75) is 32.7 Å². The molecule has 0 N–H and O–H groups in total. The highest BCUT2D eigenvalue weighted by molar-refractivity contribution is 5.96. The summed E-state index contributed by atoms with van der Waals surface area (Å²) in [5, 5.41) is 0. The minimum absolute atomic E-state index is 0.00630. The first kappa shape index (κ1) is 22.0. The van der Waals surface area contributed by atoms with Crippen molar-refractivity contribution in [1.29, 1.82) is 0 Å². The molecule has 5 rings (SSSR count). The number of carbonyl (C=O) groups is 1. The van der Waals surface area contributed by atoms with Gasteiger partial charge in [-0.25, -0.2) is 4.98 Å². The van der Waals surface area contributed by atoms with Crippen molar-refractivity contribution >= 4 is 22.6 Å². The first-order valence-corrected chi connectivity index (χ1v) is 11.6. The minimum Gasteiger partial charge on any atom is -0.497 e. The van der Waals surface area contributed by atoms with Gasteiger partial charge in [0.05, 0.1) is 24.7 Å². The summed E-state index contributed by atoms with van der Waals surface area (Å²) < 4.78 is 13.7. The van der Waals surface area contributed by atoms with E-state index < -0.39 is 0 Å². The Bertz CT molecular complexity index is 1340. The van der Waals surface area contributed by atoms with Crippen LogP contribution in [0.5, 0.6) is 11.5 Å². The summed E-state index contributed by atoms with van der Waals surface area (Å²) in [6.07, 6.45) is 0.429. The number of benzene rings is 3. The number of para-hydroxylation sites is 2. The van der Waals surface area contributed by atoms with Crippen LogP contribution in [0.15, 0.2) is 66.7 Å². The van der Waals surface area contributed by atoms with Crippen LogP contribution in [0.4, 0.5) is 5.69 Å². The Morgan fingerprint density at radius 2 is 1.85 bits per heavy atom. The predicted molar refractivity (Wildman–Crippen MR) is 134 cm³/mol. The standard InChI is InChI=1S/C28H29N3O3/c1-19-8-6-13-26(20(19)2)34-15-14-30-25-12-5-4-11-24(25)29-28(30)21-16-27(32)31(18-21)22-9-7-10-23(17-22)33-3/h4-13,17,21H,14-16,18H2,1-3H3/t21-/m1/s1. The van der Waals surface area contributed by atoms with Gasteiger partial charge in [-0.15, -0.1) is 0 Å². The first-order chi connectivity index (χ1) is 16.5. The third-order valence-corrected chi connectivity index (χ3v) is 6.67. The number of aromatic nitrogens is 2. The molecule has 3 aromatic carbocycles. The van der Waals surface area contributed by atoms with E-state index in [9.17, 15) is 4.79 Å². The van der Waals surface area contributed by atoms with Gasteiger partial charge in [-0.3, -0.25) is 4.79 Å². The Kier molecular flexibility index (Phi) is 5.97. The van der Waals surface area contributed by atoms with Gasteiger partial charge in [-0.2, -0.15) is 0 Å². The van der Waals surface area contributed by atoms with Crippen LogP contribution in [0.2, 0.25) is 0 Å². The quantitative estimate of drug-likeness (QED) is 0.381. The molecule has 1 saturated heterocycles. The van der Waals surface area contributed by atoms with Crippen LogP contribution >= 0.6 is 0 Å². The molecule has 4 aromatic rings. The smallest absolute Gasteiger partial charge is 0.227 e. The summed E-state index contributed by atoms with van der Waals surface area (Å²) in [5.74, 6) is 2.69. The number of aryl methyl sites for hydroxylation is 1. The average molecular weight is 456 g/mol. The molecule has 1 fully saturated rings. The summed E-state index contributed by atoms with van der Waals surface area (Å²) in [5.41, 5.74) is 5.24. The topological polar surface area (TPSA) is 56.6 Å². The summed E-state index contributed by atoms with van der Waals surface area (Å²) in [7, 11) is 1.64. The van der Waals surface area contributed by atoms with E-state index in [-0.39, 0.29) is 11.8 Å². The monoisotopic (exact) mass is 455 g/mol. The lowest BCUT2D eigenvalue weighted by atomic mass is 10.1. The van der Waals surface area contributed by atoms with Gasteiger partial charge < -0.3 is 18.9 Å². The molecule has 1 aromatic heterocycles. The normalized spacial score (nSPS) is 15.8. The van der Waals surface area contributed by atoms with Crippen LogP contribution in [0.25, 0.3) is 11.0 Å². The molecule has 0 bridgehead atoms. The van der Waals surface area contributed by atoms with Crippen molar-refractivity contribution in [2.24, 2.45) is 0 Å². The number of imidazole rings is 1. The minimum atomic E-state index is 0.00630. The Labute approximate surface area is 199 Å². The molecular weight excluding hydrogens is 426 g/mol. The summed E-state index contributed by atoms with van der Waals surface area (Å²) in [4.78, 5) is 19.8. The third kappa shape index (κ3) is 4.12. The fourth-order valence-corrected chi connectivity index (χ4v) is 4.68. The highest BCUT2D eigenvalue weighted by Gasteiger charge is 2.35. The van der Waals surface area contributed by atoms with E-state index in [1.807, 2.05) is 59.5 Å². The first-order valence-electron chi connectivity index (χ1n) is 11.6. The molecule has 0 saturated carbocycles. The Morgan fingerprint density at radius 3 is 2.71 bits per heavy atom. The second kappa shape index (κ2) is 9.21. The average Bonchev–Trinajstić information content (AvgIpc) is 3.42. The second-order valence-electron chi connectivity index (χ2n) is 8.76. The maximum atomic E-state index is 13.0. The van der Waals surface area contributed by atoms with Crippen molar-refractivity contribution in [2.75, 3.05) is 25.2 Å². The molecule has 6 heteroatoms. The molecular formula is C28H29N3O3. The second-order valence-corrected chi connectivity index (χ2v) is 8.76. The van der Waals surface area contributed by atoms with Crippen molar-refractivity contribution in [1.82, 2.24) is 9.55 Å². The molecule has 0 aliphatic carbocycles. The summed E-state index contributed by atoms with van der Waals surface area (Å²) in [6, 6.07) is 21.9. The lowest BCUT2D eigenvalue weighted by Gasteiger charge is -2.18.